The zero-order valence-electron chi connectivity index (χ0n) is 7.34. The van der Waals surface area contributed by atoms with Gasteiger partial charge in [-0.1, -0.05) is 6.07 Å². The summed E-state index contributed by atoms with van der Waals surface area (Å²) >= 11 is 0. The molecule has 0 bridgehead atoms. The fourth-order valence-electron chi connectivity index (χ4n) is 2.30. The molecule has 0 amide bonds. The predicted octanol–water partition coefficient (Wildman–Crippen LogP) is 0.452. The number of aromatic amines is 1. The lowest BCUT2D eigenvalue weighted by atomic mass is 9.94. The molecule has 1 atom stereocenters. The first-order chi connectivity index (χ1) is 6.30. The van der Waals surface area contributed by atoms with Gasteiger partial charge in [-0.15, -0.1) is 0 Å². The summed E-state index contributed by atoms with van der Waals surface area (Å²) in [6, 6.07) is 3.57. The highest BCUT2D eigenvalue weighted by Crippen LogP contribution is 2.61. The molecule has 68 valence electrons. The molecule has 1 aliphatic heterocycles. The van der Waals surface area contributed by atoms with E-state index in [2.05, 4.69) is 10.3 Å². The summed E-state index contributed by atoms with van der Waals surface area (Å²) in [5.41, 5.74) is 1.84. The monoisotopic (exact) mass is 176 g/mol. The molecule has 1 aromatic heterocycles. The third kappa shape index (κ3) is 0.968. The molecule has 1 aliphatic carbocycles. The minimum Gasteiger partial charge on any atom is -0.329 e. The maximum Gasteiger partial charge on any atom is 0.247 e. The molecule has 3 nitrogen and oxygen atoms in total. The molecule has 0 radical (unpaired) electrons. The number of pyridine rings is 1. The van der Waals surface area contributed by atoms with E-state index in [-0.39, 0.29) is 5.56 Å². The largest absolute Gasteiger partial charge is 0.329 e. The molecule has 1 unspecified atom stereocenters. The SMILES string of the molecule is O=c1ccc(C2CC23CNC3)c[nH]1. The first kappa shape index (κ1) is 7.33. The Bertz CT molecular complexity index is 372. The second kappa shape index (κ2) is 2.23. The molecule has 0 aromatic carbocycles. The fourth-order valence-corrected chi connectivity index (χ4v) is 2.30. The van der Waals surface area contributed by atoms with E-state index in [4.69, 9.17) is 0 Å². The van der Waals surface area contributed by atoms with Crippen molar-refractivity contribution >= 4 is 0 Å². The molecule has 1 saturated heterocycles. The van der Waals surface area contributed by atoms with Crippen LogP contribution in [-0.2, 0) is 0 Å². The van der Waals surface area contributed by atoms with E-state index in [1.807, 2.05) is 12.3 Å². The lowest BCUT2D eigenvalue weighted by Gasteiger charge is -2.28. The zero-order chi connectivity index (χ0) is 8.89. The lowest BCUT2D eigenvalue weighted by Crippen LogP contribution is -2.44. The Kier molecular flexibility index (Phi) is 1.26. The van der Waals surface area contributed by atoms with E-state index < -0.39 is 0 Å². The van der Waals surface area contributed by atoms with Crippen LogP contribution in [0.25, 0.3) is 0 Å². The van der Waals surface area contributed by atoms with Crippen molar-refractivity contribution in [1.82, 2.24) is 10.3 Å². The predicted molar refractivity (Wildman–Crippen MR) is 49.7 cm³/mol. The van der Waals surface area contributed by atoms with Crippen LogP contribution < -0.4 is 10.9 Å². The summed E-state index contributed by atoms with van der Waals surface area (Å²) in [7, 11) is 0. The summed E-state index contributed by atoms with van der Waals surface area (Å²) in [4.78, 5) is 13.6. The molecule has 2 N–H and O–H groups in total. The van der Waals surface area contributed by atoms with Crippen LogP contribution in [0.3, 0.4) is 0 Å². The second-order valence-corrected chi connectivity index (χ2v) is 4.21. The molecule has 1 aromatic rings. The first-order valence-electron chi connectivity index (χ1n) is 4.70. The van der Waals surface area contributed by atoms with Gasteiger partial charge in [0.15, 0.2) is 0 Å². The van der Waals surface area contributed by atoms with E-state index in [0.29, 0.717) is 11.3 Å². The Balaban J connectivity index is 1.87. The van der Waals surface area contributed by atoms with Gasteiger partial charge in [-0.2, -0.15) is 0 Å². The highest BCUT2D eigenvalue weighted by molar-refractivity contribution is 5.30. The van der Waals surface area contributed by atoms with Crippen molar-refractivity contribution in [3.8, 4) is 0 Å². The van der Waals surface area contributed by atoms with Crippen LogP contribution in [-0.4, -0.2) is 18.1 Å². The molecule has 2 aliphatic rings. The van der Waals surface area contributed by atoms with Crippen molar-refractivity contribution in [2.45, 2.75) is 12.3 Å². The van der Waals surface area contributed by atoms with Gasteiger partial charge in [0.05, 0.1) is 0 Å². The maximum atomic E-state index is 10.8. The van der Waals surface area contributed by atoms with Crippen LogP contribution in [0.4, 0.5) is 0 Å². The minimum atomic E-state index is -0.00909. The average molecular weight is 176 g/mol. The van der Waals surface area contributed by atoms with Crippen LogP contribution in [0, 0.1) is 5.41 Å². The molecule has 2 heterocycles. The molecular weight excluding hydrogens is 164 g/mol. The number of nitrogens with one attached hydrogen (secondary N) is 2. The van der Waals surface area contributed by atoms with E-state index in [0.717, 1.165) is 13.1 Å². The smallest absolute Gasteiger partial charge is 0.247 e. The number of aromatic nitrogens is 1. The van der Waals surface area contributed by atoms with Gasteiger partial charge < -0.3 is 10.3 Å². The van der Waals surface area contributed by atoms with Gasteiger partial charge in [0.1, 0.15) is 0 Å². The number of hydrogen-bond acceptors (Lipinski definition) is 2. The van der Waals surface area contributed by atoms with Crippen LogP contribution in [0.5, 0.6) is 0 Å². The highest BCUT2D eigenvalue weighted by atomic mass is 16.1. The molecular formula is C10H12N2O. The molecule has 1 saturated carbocycles. The first-order valence-corrected chi connectivity index (χ1v) is 4.70. The molecule has 1 spiro atoms. The van der Waals surface area contributed by atoms with Crippen LogP contribution in [0.15, 0.2) is 23.1 Å². The van der Waals surface area contributed by atoms with E-state index in [1.54, 1.807) is 6.07 Å². The van der Waals surface area contributed by atoms with Gasteiger partial charge in [-0.05, 0) is 17.9 Å². The number of H-pyrrole nitrogens is 1. The summed E-state index contributed by atoms with van der Waals surface area (Å²) in [6.45, 7) is 2.30. The Morgan fingerprint density at radius 3 is 2.69 bits per heavy atom. The summed E-state index contributed by atoms with van der Waals surface area (Å²) in [5, 5.41) is 3.30. The second-order valence-electron chi connectivity index (χ2n) is 4.21. The van der Waals surface area contributed by atoms with Gasteiger partial charge in [-0.25, -0.2) is 0 Å². The fraction of sp³-hybridized carbons (Fsp3) is 0.500. The van der Waals surface area contributed by atoms with Crippen LogP contribution in [0.1, 0.15) is 17.9 Å². The molecule has 3 heteroatoms. The summed E-state index contributed by atoms with van der Waals surface area (Å²) in [6.07, 6.45) is 3.14. The lowest BCUT2D eigenvalue weighted by molar-refractivity contribution is 0.312. The van der Waals surface area contributed by atoms with Crippen LogP contribution in [0.2, 0.25) is 0 Å². The summed E-state index contributed by atoms with van der Waals surface area (Å²) in [5.74, 6) is 0.686. The van der Waals surface area contributed by atoms with Gasteiger partial charge >= 0.3 is 0 Å². The van der Waals surface area contributed by atoms with Gasteiger partial charge in [0.25, 0.3) is 0 Å². The Morgan fingerprint density at radius 1 is 1.38 bits per heavy atom. The Hall–Kier alpha value is -1.09. The standard InChI is InChI=1S/C10H12N2O/c13-9-2-1-7(4-12-9)8-3-10(8)5-11-6-10/h1-2,4,8,11H,3,5-6H2,(H,12,13). The van der Waals surface area contributed by atoms with E-state index in [1.165, 1.54) is 12.0 Å². The normalized spacial score (nSPS) is 28.5. The van der Waals surface area contributed by atoms with Crippen LogP contribution >= 0.6 is 0 Å². The maximum absolute atomic E-state index is 10.8. The van der Waals surface area contributed by atoms with Crippen molar-refractivity contribution in [2.24, 2.45) is 5.41 Å². The third-order valence-electron chi connectivity index (χ3n) is 3.35. The number of rotatable bonds is 1. The minimum absolute atomic E-state index is 0.00909. The van der Waals surface area contributed by atoms with Crippen molar-refractivity contribution < 1.29 is 0 Å². The van der Waals surface area contributed by atoms with Gasteiger partial charge in [0, 0.05) is 30.8 Å². The molecule has 2 fully saturated rings. The Labute approximate surface area is 76.2 Å². The summed E-state index contributed by atoms with van der Waals surface area (Å²) < 4.78 is 0. The van der Waals surface area contributed by atoms with Gasteiger partial charge in [0.2, 0.25) is 5.56 Å². The Morgan fingerprint density at radius 2 is 2.23 bits per heavy atom. The zero-order valence-corrected chi connectivity index (χ0v) is 7.34. The average Bonchev–Trinajstić information content (AvgIpc) is 2.80. The molecule has 13 heavy (non-hydrogen) atoms. The van der Waals surface area contributed by atoms with Crippen molar-refractivity contribution in [2.75, 3.05) is 13.1 Å². The van der Waals surface area contributed by atoms with Crippen molar-refractivity contribution in [3.05, 3.63) is 34.2 Å². The van der Waals surface area contributed by atoms with E-state index >= 15 is 0 Å². The topological polar surface area (TPSA) is 44.9 Å². The van der Waals surface area contributed by atoms with Gasteiger partial charge in [-0.3, -0.25) is 4.79 Å². The van der Waals surface area contributed by atoms with Crippen molar-refractivity contribution in [1.29, 1.82) is 0 Å². The van der Waals surface area contributed by atoms with Crippen molar-refractivity contribution in [3.63, 3.8) is 0 Å². The molecule has 3 rings (SSSR count). The number of hydrogen-bond donors (Lipinski definition) is 2. The third-order valence-corrected chi connectivity index (χ3v) is 3.35. The highest BCUT2D eigenvalue weighted by Gasteiger charge is 2.58. The quantitative estimate of drug-likeness (QED) is 0.652. The van der Waals surface area contributed by atoms with E-state index in [9.17, 15) is 4.79 Å².